The molecular formula is C22H25N3O2. The first kappa shape index (κ1) is 18.7. The zero-order chi connectivity index (χ0) is 19.6. The maximum atomic E-state index is 12.2. The molecule has 1 N–H and O–H groups in total. The molecule has 140 valence electrons. The van der Waals surface area contributed by atoms with E-state index in [2.05, 4.69) is 61.5 Å². The van der Waals surface area contributed by atoms with E-state index in [0.717, 1.165) is 5.56 Å². The Hall–Kier alpha value is -3.08. The Morgan fingerprint density at radius 3 is 2.56 bits per heavy atom. The Kier molecular flexibility index (Phi) is 5.04. The number of nitrogens with zero attached hydrogens (tertiary/aromatic N) is 2. The summed E-state index contributed by atoms with van der Waals surface area (Å²) < 4.78 is 5.09. The summed E-state index contributed by atoms with van der Waals surface area (Å²) in [6.07, 6.45) is 3.93. The first-order valence-corrected chi connectivity index (χ1v) is 8.87. The number of anilines is 1. The standard InChI is InChI=1S/C22H25N3O2/c1-15-13-22(2,3)25(4)20-11-6-16(12-19(15)20)14-23-24-21(26)17-7-9-18(27-5)10-8-17/h6-14H,1-5H3,(H,24,26)/b23-14-. The molecule has 0 fully saturated rings. The van der Waals surface area contributed by atoms with Gasteiger partial charge in [-0.05, 0) is 68.3 Å². The Bertz CT molecular complexity index is 912. The fourth-order valence-corrected chi connectivity index (χ4v) is 3.23. The average molecular weight is 363 g/mol. The molecule has 0 spiro atoms. The summed E-state index contributed by atoms with van der Waals surface area (Å²) >= 11 is 0. The van der Waals surface area contributed by atoms with E-state index in [4.69, 9.17) is 4.74 Å². The molecule has 2 aromatic rings. The van der Waals surface area contributed by atoms with Crippen LogP contribution in [0.5, 0.6) is 5.75 Å². The number of hydrogen-bond acceptors (Lipinski definition) is 4. The van der Waals surface area contributed by atoms with Gasteiger partial charge < -0.3 is 9.64 Å². The third-order valence-corrected chi connectivity index (χ3v) is 4.97. The Morgan fingerprint density at radius 1 is 1.19 bits per heavy atom. The van der Waals surface area contributed by atoms with Crippen molar-refractivity contribution in [2.45, 2.75) is 26.3 Å². The van der Waals surface area contributed by atoms with Crippen LogP contribution in [0.4, 0.5) is 5.69 Å². The summed E-state index contributed by atoms with van der Waals surface area (Å²) in [5.74, 6) is 0.449. The van der Waals surface area contributed by atoms with E-state index in [1.54, 1.807) is 37.6 Å². The molecule has 27 heavy (non-hydrogen) atoms. The van der Waals surface area contributed by atoms with Gasteiger partial charge in [-0.1, -0.05) is 12.1 Å². The molecule has 0 radical (unpaired) electrons. The number of likely N-dealkylation sites (N-methyl/N-ethyl adjacent to an activating group) is 1. The van der Waals surface area contributed by atoms with Crippen LogP contribution in [0, 0.1) is 0 Å². The summed E-state index contributed by atoms with van der Waals surface area (Å²) in [6, 6.07) is 13.1. The van der Waals surface area contributed by atoms with Gasteiger partial charge in [-0.15, -0.1) is 0 Å². The smallest absolute Gasteiger partial charge is 0.271 e. The van der Waals surface area contributed by atoms with Gasteiger partial charge in [-0.3, -0.25) is 4.79 Å². The molecule has 0 saturated carbocycles. The number of rotatable bonds is 4. The van der Waals surface area contributed by atoms with E-state index in [1.165, 1.54) is 16.8 Å². The van der Waals surface area contributed by atoms with Gasteiger partial charge in [0.2, 0.25) is 0 Å². The molecule has 1 aliphatic heterocycles. The summed E-state index contributed by atoms with van der Waals surface area (Å²) in [5.41, 5.74) is 7.63. The van der Waals surface area contributed by atoms with Crippen LogP contribution in [0.3, 0.4) is 0 Å². The Labute approximate surface area is 160 Å². The number of carbonyl (C=O) groups is 1. The quantitative estimate of drug-likeness (QED) is 0.657. The minimum atomic E-state index is -0.260. The molecule has 3 rings (SSSR count). The summed E-state index contributed by atoms with van der Waals surface area (Å²) in [4.78, 5) is 14.4. The van der Waals surface area contributed by atoms with Crippen molar-refractivity contribution in [3.8, 4) is 5.75 Å². The minimum Gasteiger partial charge on any atom is -0.497 e. The number of methoxy groups -OCH3 is 1. The van der Waals surface area contributed by atoms with Crippen molar-refractivity contribution in [2.75, 3.05) is 19.1 Å². The lowest BCUT2D eigenvalue weighted by atomic mass is 9.89. The molecule has 5 heteroatoms. The monoisotopic (exact) mass is 363 g/mol. The molecule has 1 amide bonds. The summed E-state index contributed by atoms with van der Waals surface area (Å²) in [7, 11) is 3.69. The molecule has 5 nitrogen and oxygen atoms in total. The normalized spacial score (nSPS) is 15.3. The molecule has 1 aliphatic rings. The van der Waals surface area contributed by atoms with E-state index in [0.29, 0.717) is 11.3 Å². The van der Waals surface area contributed by atoms with Crippen LogP contribution in [0.25, 0.3) is 5.57 Å². The number of fused-ring (bicyclic) bond motifs is 1. The topological polar surface area (TPSA) is 53.9 Å². The van der Waals surface area contributed by atoms with E-state index >= 15 is 0 Å². The second-order valence-corrected chi connectivity index (χ2v) is 7.24. The summed E-state index contributed by atoms with van der Waals surface area (Å²) in [5, 5.41) is 4.09. The van der Waals surface area contributed by atoms with Crippen molar-refractivity contribution in [1.29, 1.82) is 0 Å². The number of hydrogen-bond donors (Lipinski definition) is 1. The van der Waals surface area contributed by atoms with E-state index in [9.17, 15) is 4.79 Å². The van der Waals surface area contributed by atoms with E-state index in [-0.39, 0.29) is 11.4 Å². The van der Waals surface area contributed by atoms with Gasteiger partial charge >= 0.3 is 0 Å². The second kappa shape index (κ2) is 7.27. The maximum absolute atomic E-state index is 12.2. The van der Waals surface area contributed by atoms with Crippen molar-refractivity contribution in [3.05, 3.63) is 65.2 Å². The molecule has 0 bridgehead atoms. The third kappa shape index (κ3) is 3.87. The van der Waals surface area contributed by atoms with E-state index < -0.39 is 0 Å². The number of nitrogens with one attached hydrogen (secondary N) is 1. The number of amides is 1. The molecule has 0 saturated heterocycles. The highest BCUT2D eigenvalue weighted by Crippen LogP contribution is 2.37. The van der Waals surface area contributed by atoms with Crippen molar-refractivity contribution >= 4 is 23.4 Å². The Balaban J connectivity index is 1.73. The molecule has 0 aliphatic carbocycles. The zero-order valence-electron chi connectivity index (χ0n) is 16.4. The molecule has 0 atom stereocenters. The lowest BCUT2D eigenvalue weighted by Crippen LogP contribution is -2.42. The molecule has 0 aromatic heterocycles. The largest absolute Gasteiger partial charge is 0.497 e. The van der Waals surface area contributed by atoms with Crippen molar-refractivity contribution in [3.63, 3.8) is 0 Å². The van der Waals surface area contributed by atoms with E-state index in [1.807, 2.05) is 6.07 Å². The number of allylic oxidation sites excluding steroid dienone is 1. The van der Waals surface area contributed by atoms with Gasteiger partial charge in [-0.25, -0.2) is 5.43 Å². The molecule has 1 heterocycles. The highest BCUT2D eigenvalue weighted by molar-refractivity contribution is 5.95. The maximum Gasteiger partial charge on any atom is 0.271 e. The highest BCUT2D eigenvalue weighted by Gasteiger charge is 2.28. The molecular weight excluding hydrogens is 338 g/mol. The first-order chi connectivity index (χ1) is 12.8. The minimum absolute atomic E-state index is 0.0149. The number of hydrazone groups is 1. The number of carbonyl (C=O) groups excluding carboxylic acids is 1. The molecule has 0 unspecified atom stereocenters. The van der Waals surface area contributed by atoms with Gasteiger partial charge in [0.05, 0.1) is 18.9 Å². The highest BCUT2D eigenvalue weighted by atomic mass is 16.5. The first-order valence-electron chi connectivity index (χ1n) is 8.87. The zero-order valence-corrected chi connectivity index (χ0v) is 16.4. The van der Waals surface area contributed by atoms with Gasteiger partial charge in [0, 0.05) is 23.9 Å². The van der Waals surface area contributed by atoms with Gasteiger partial charge in [0.1, 0.15) is 5.75 Å². The van der Waals surface area contributed by atoms with Gasteiger partial charge in [0.15, 0.2) is 0 Å². The number of ether oxygens (including phenoxy) is 1. The van der Waals surface area contributed by atoms with Crippen LogP contribution in [-0.4, -0.2) is 31.8 Å². The van der Waals surface area contributed by atoms with Crippen LogP contribution >= 0.6 is 0 Å². The predicted molar refractivity (Wildman–Crippen MR) is 111 cm³/mol. The predicted octanol–water partition coefficient (Wildman–Crippen LogP) is 4.09. The lowest BCUT2D eigenvalue weighted by molar-refractivity contribution is 0.0955. The Morgan fingerprint density at radius 2 is 1.89 bits per heavy atom. The van der Waals surface area contributed by atoms with Crippen LogP contribution in [-0.2, 0) is 0 Å². The lowest BCUT2D eigenvalue weighted by Gasteiger charge is -2.40. The van der Waals surface area contributed by atoms with Crippen LogP contribution in [0.15, 0.2) is 53.6 Å². The van der Waals surface area contributed by atoms with Crippen LogP contribution in [0.2, 0.25) is 0 Å². The third-order valence-electron chi connectivity index (χ3n) is 4.97. The van der Waals surface area contributed by atoms with Crippen molar-refractivity contribution in [1.82, 2.24) is 5.43 Å². The molecule has 2 aromatic carbocycles. The van der Waals surface area contributed by atoms with Crippen LogP contribution < -0.4 is 15.1 Å². The van der Waals surface area contributed by atoms with Gasteiger partial charge in [0.25, 0.3) is 5.91 Å². The summed E-state index contributed by atoms with van der Waals surface area (Å²) in [6.45, 7) is 6.52. The SMILES string of the molecule is COc1ccc(C(=O)N/N=C\c2ccc3c(c2)C(C)=CC(C)(C)N3C)cc1. The van der Waals surface area contributed by atoms with Crippen LogP contribution in [0.1, 0.15) is 42.3 Å². The fourth-order valence-electron chi connectivity index (χ4n) is 3.23. The average Bonchev–Trinajstić information content (AvgIpc) is 2.66. The fraction of sp³-hybridized carbons (Fsp3) is 0.273. The van der Waals surface area contributed by atoms with Gasteiger partial charge in [-0.2, -0.15) is 5.10 Å². The van der Waals surface area contributed by atoms with Crippen molar-refractivity contribution < 1.29 is 9.53 Å². The second-order valence-electron chi connectivity index (χ2n) is 7.24. The van der Waals surface area contributed by atoms with Crippen molar-refractivity contribution in [2.24, 2.45) is 5.10 Å². The number of benzene rings is 2.